The highest BCUT2D eigenvalue weighted by Gasteiger charge is 2.36. The van der Waals surface area contributed by atoms with Gasteiger partial charge < -0.3 is 9.47 Å². The summed E-state index contributed by atoms with van der Waals surface area (Å²) in [6.07, 6.45) is 0. The van der Waals surface area contributed by atoms with Crippen molar-refractivity contribution in [1.82, 2.24) is 4.57 Å². The molecule has 230 valence electrons. The Morgan fingerprint density at radius 1 is 0.500 bits per heavy atom. The van der Waals surface area contributed by atoms with E-state index in [9.17, 15) is 4.39 Å². The number of anilines is 3. The highest BCUT2D eigenvalue weighted by Crippen LogP contribution is 2.51. The average molecular weight is 621 g/mol. The summed E-state index contributed by atoms with van der Waals surface area (Å²) in [5.74, 6) is -0.241. The molecule has 0 saturated heterocycles. The number of halogens is 1. The average Bonchev–Trinajstić information content (AvgIpc) is 3.58. The smallest absolute Gasteiger partial charge is 0.123 e. The van der Waals surface area contributed by atoms with Crippen LogP contribution in [0.3, 0.4) is 0 Å². The molecule has 0 unspecified atom stereocenters. The van der Waals surface area contributed by atoms with E-state index in [1.54, 1.807) is 0 Å². The normalized spacial score (nSPS) is 13.1. The molecule has 1 aromatic heterocycles. The highest BCUT2D eigenvalue weighted by molar-refractivity contribution is 6.11. The van der Waals surface area contributed by atoms with Crippen LogP contribution in [-0.2, 0) is 5.41 Å². The van der Waals surface area contributed by atoms with Crippen molar-refractivity contribution in [2.75, 3.05) is 4.90 Å². The second-order valence-electron chi connectivity index (χ2n) is 13.1. The topological polar surface area (TPSA) is 8.17 Å². The van der Waals surface area contributed by atoms with Crippen molar-refractivity contribution in [3.05, 3.63) is 181 Å². The molecule has 0 bridgehead atoms. The maximum Gasteiger partial charge on any atom is 0.123 e. The third kappa shape index (κ3) is 4.31. The zero-order valence-corrected chi connectivity index (χ0v) is 26.9. The van der Waals surface area contributed by atoms with E-state index in [0.29, 0.717) is 0 Å². The van der Waals surface area contributed by atoms with Crippen LogP contribution in [0.25, 0.3) is 49.7 Å². The maximum atomic E-state index is 14.0. The van der Waals surface area contributed by atoms with Gasteiger partial charge in [-0.3, -0.25) is 0 Å². The van der Waals surface area contributed by atoms with Crippen molar-refractivity contribution in [1.29, 1.82) is 0 Å². The van der Waals surface area contributed by atoms with E-state index in [1.165, 1.54) is 39.9 Å². The van der Waals surface area contributed by atoms with Crippen molar-refractivity contribution in [2.45, 2.75) is 19.3 Å². The summed E-state index contributed by atoms with van der Waals surface area (Å²) in [5, 5.41) is 2.30. The van der Waals surface area contributed by atoms with Crippen LogP contribution in [0, 0.1) is 5.82 Å². The van der Waals surface area contributed by atoms with Crippen molar-refractivity contribution < 1.29 is 4.39 Å². The van der Waals surface area contributed by atoms with Crippen LogP contribution in [0.4, 0.5) is 21.5 Å². The molecule has 0 atom stereocenters. The Morgan fingerprint density at radius 2 is 1.12 bits per heavy atom. The summed E-state index contributed by atoms with van der Waals surface area (Å²) in [4.78, 5) is 2.41. The molecule has 1 aliphatic rings. The molecule has 0 spiro atoms. The molecule has 1 heterocycles. The van der Waals surface area contributed by atoms with Crippen molar-refractivity contribution in [3.63, 3.8) is 0 Å². The Balaban J connectivity index is 1.30. The van der Waals surface area contributed by atoms with Crippen LogP contribution in [0.1, 0.15) is 25.0 Å². The van der Waals surface area contributed by atoms with Gasteiger partial charge in [-0.15, -0.1) is 0 Å². The van der Waals surface area contributed by atoms with Crippen molar-refractivity contribution in [2.24, 2.45) is 0 Å². The standard InChI is InChI=1S/C45H33FN2/c1-45(2)40-17-9-6-15-36(40)37-26-24-34(29-41(37)45)47(42-18-10-7-14-35(42)30-12-4-3-5-13-30)33-25-27-44-39(28-33)38-16-8-11-19-43(38)48(44)32-22-20-31(46)21-23-32/h3-29H,1-2H3. The summed E-state index contributed by atoms with van der Waals surface area (Å²) in [6, 6.07) is 57.0. The first-order chi connectivity index (χ1) is 23.5. The minimum atomic E-state index is -0.241. The predicted octanol–water partition coefficient (Wildman–Crippen LogP) is 12.4. The summed E-state index contributed by atoms with van der Waals surface area (Å²) < 4.78 is 16.2. The summed E-state index contributed by atoms with van der Waals surface area (Å²) >= 11 is 0. The fourth-order valence-corrected chi connectivity index (χ4v) is 7.76. The second kappa shape index (κ2) is 10.8. The van der Waals surface area contributed by atoms with Gasteiger partial charge in [-0.2, -0.15) is 0 Å². The van der Waals surface area contributed by atoms with Gasteiger partial charge in [0.25, 0.3) is 0 Å². The Morgan fingerprint density at radius 3 is 1.96 bits per heavy atom. The Hall–Kier alpha value is -5.93. The lowest BCUT2D eigenvalue weighted by Gasteiger charge is -2.30. The quantitative estimate of drug-likeness (QED) is 0.186. The highest BCUT2D eigenvalue weighted by atomic mass is 19.1. The molecule has 48 heavy (non-hydrogen) atoms. The van der Waals surface area contributed by atoms with Crippen LogP contribution in [0.5, 0.6) is 0 Å². The first kappa shape index (κ1) is 28.3. The van der Waals surface area contributed by atoms with Gasteiger partial charge in [0.1, 0.15) is 5.82 Å². The fraction of sp³-hybridized carbons (Fsp3) is 0.0667. The largest absolute Gasteiger partial charge is 0.310 e. The summed E-state index contributed by atoms with van der Waals surface area (Å²) in [7, 11) is 0. The third-order valence-electron chi connectivity index (χ3n) is 10.1. The number of nitrogens with zero attached hydrogens (tertiary/aromatic N) is 2. The lowest BCUT2D eigenvalue weighted by molar-refractivity contribution is 0.627. The molecule has 0 N–H and O–H groups in total. The SMILES string of the molecule is CC1(C)c2ccccc2-c2ccc(N(c3ccc4c(c3)c3ccccc3n4-c3ccc(F)cc3)c3ccccc3-c3ccccc3)cc21. The lowest BCUT2D eigenvalue weighted by atomic mass is 9.82. The zero-order chi connectivity index (χ0) is 32.4. The van der Waals surface area contributed by atoms with E-state index in [-0.39, 0.29) is 11.2 Å². The lowest BCUT2D eigenvalue weighted by Crippen LogP contribution is -2.16. The number of aromatic nitrogens is 1. The van der Waals surface area contributed by atoms with Crippen LogP contribution in [-0.4, -0.2) is 4.57 Å². The van der Waals surface area contributed by atoms with Gasteiger partial charge in [0, 0.05) is 38.8 Å². The molecule has 7 aromatic carbocycles. The van der Waals surface area contributed by atoms with Gasteiger partial charge in [-0.25, -0.2) is 4.39 Å². The van der Waals surface area contributed by atoms with E-state index < -0.39 is 0 Å². The van der Waals surface area contributed by atoms with Gasteiger partial charge in [0.2, 0.25) is 0 Å². The van der Waals surface area contributed by atoms with Crippen LogP contribution < -0.4 is 4.90 Å². The number of hydrogen-bond donors (Lipinski definition) is 0. The molecule has 1 aliphatic carbocycles. The predicted molar refractivity (Wildman–Crippen MR) is 198 cm³/mol. The number of para-hydroxylation sites is 2. The first-order valence-corrected chi connectivity index (χ1v) is 16.5. The molecular weight excluding hydrogens is 588 g/mol. The van der Waals surface area contributed by atoms with E-state index in [1.807, 2.05) is 12.1 Å². The number of rotatable bonds is 5. The third-order valence-corrected chi connectivity index (χ3v) is 10.1. The minimum Gasteiger partial charge on any atom is -0.310 e. The van der Waals surface area contributed by atoms with Crippen molar-refractivity contribution >= 4 is 38.9 Å². The van der Waals surface area contributed by atoms with Gasteiger partial charge >= 0.3 is 0 Å². The molecule has 8 aromatic rings. The molecule has 0 aliphatic heterocycles. The van der Waals surface area contributed by atoms with Gasteiger partial charge in [0.05, 0.1) is 16.7 Å². The maximum absolute atomic E-state index is 14.0. The fourth-order valence-electron chi connectivity index (χ4n) is 7.76. The zero-order valence-electron chi connectivity index (χ0n) is 26.9. The second-order valence-corrected chi connectivity index (χ2v) is 13.1. The van der Waals surface area contributed by atoms with E-state index in [2.05, 4.69) is 163 Å². The van der Waals surface area contributed by atoms with Crippen molar-refractivity contribution in [3.8, 4) is 27.9 Å². The minimum absolute atomic E-state index is 0.126. The summed E-state index contributed by atoms with van der Waals surface area (Å²) in [5.41, 5.74) is 13.9. The van der Waals surface area contributed by atoms with E-state index in [0.717, 1.165) is 50.1 Å². The number of fused-ring (bicyclic) bond motifs is 6. The number of benzene rings is 7. The molecule has 0 radical (unpaired) electrons. The first-order valence-electron chi connectivity index (χ1n) is 16.5. The van der Waals surface area contributed by atoms with Gasteiger partial charge in [-0.1, -0.05) is 111 Å². The van der Waals surface area contributed by atoms with Crippen LogP contribution in [0.2, 0.25) is 0 Å². The molecule has 3 heteroatoms. The molecule has 2 nitrogen and oxygen atoms in total. The Labute approximate surface area is 280 Å². The van der Waals surface area contributed by atoms with E-state index >= 15 is 0 Å². The van der Waals surface area contributed by atoms with Crippen LogP contribution >= 0.6 is 0 Å². The van der Waals surface area contributed by atoms with Crippen LogP contribution in [0.15, 0.2) is 164 Å². The molecule has 0 fully saturated rings. The van der Waals surface area contributed by atoms with Gasteiger partial charge in [0.15, 0.2) is 0 Å². The van der Waals surface area contributed by atoms with E-state index in [4.69, 9.17) is 0 Å². The Bertz CT molecular complexity index is 2490. The molecule has 9 rings (SSSR count). The van der Waals surface area contributed by atoms with Gasteiger partial charge in [-0.05, 0) is 94.5 Å². The molecule has 0 saturated carbocycles. The summed E-state index contributed by atoms with van der Waals surface area (Å²) in [6.45, 7) is 4.67. The monoisotopic (exact) mass is 620 g/mol. The molecule has 0 amide bonds. The number of hydrogen-bond acceptors (Lipinski definition) is 1. The molecular formula is C45H33FN2. The Kier molecular flexibility index (Phi) is 6.38.